The Morgan fingerprint density at radius 1 is 1.20 bits per heavy atom. The number of amides is 1. The lowest BCUT2D eigenvalue weighted by molar-refractivity contribution is -0.171. The van der Waals surface area contributed by atoms with Crippen LogP contribution in [0.1, 0.15) is 24.4 Å². The van der Waals surface area contributed by atoms with Gasteiger partial charge in [0.15, 0.2) is 5.41 Å². The average Bonchev–Trinajstić information content (AvgIpc) is 3.46. The zero-order valence-electron chi connectivity index (χ0n) is 18.2. The zero-order chi connectivity index (χ0) is 24.6. The fourth-order valence-corrected chi connectivity index (χ4v) is 3.90. The Balaban J connectivity index is 1.24. The molecule has 176 valence electrons. The summed E-state index contributed by atoms with van der Waals surface area (Å²) in [6.45, 7) is 1.86. The molecule has 0 radical (unpaired) electrons. The van der Waals surface area contributed by atoms with Gasteiger partial charge in [-0.25, -0.2) is 14.8 Å². The largest absolute Gasteiger partial charge is 0.480 e. The molecule has 35 heavy (non-hydrogen) atoms. The van der Waals surface area contributed by atoms with Gasteiger partial charge in [0, 0.05) is 16.7 Å². The van der Waals surface area contributed by atoms with E-state index >= 15 is 0 Å². The average molecular weight is 493 g/mol. The molecule has 5 rings (SSSR count). The molecule has 10 nitrogen and oxygen atoms in total. The zero-order valence-corrected chi connectivity index (χ0v) is 19.0. The van der Waals surface area contributed by atoms with E-state index in [9.17, 15) is 14.7 Å². The van der Waals surface area contributed by atoms with Gasteiger partial charge in [0.1, 0.15) is 17.5 Å². The van der Waals surface area contributed by atoms with E-state index in [2.05, 4.69) is 32.3 Å². The summed E-state index contributed by atoms with van der Waals surface area (Å²) < 4.78 is 15.6. The van der Waals surface area contributed by atoms with Crippen LogP contribution in [0.2, 0.25) is 5.02 Å². The molecule has 11 heteroatoms. The van der Waals surface area contributed by atoms with Crippen molar-refractivity contribution >= 4 is 40.8 Å². The molecule has 0 bridgehead atoms. The summed E-state index contributed by atoms with van der Waals surface area (Å²) >= 11 is 6.15. The summed E-state index contributed by atoms with van der Waals surface area (Å²) in [5, 5.41) is 16.2. The Hall–Kier alpha value is -4.20. The molecule has 1 fully saturated rings. The number of anilines is 1. The topological polar surface area (TPSA) is 136 Å². The fourth-order valence-electron chi connectivity index (χ4n) is 3.61. The minimum absolute atomic E-state index is 0.0788. The van der Waals surface area contributed by atoms with Gasteiger partial charge in [-0.3, -0.25) is 10.1 Å². The molecule has 0 aliphatic carbocycles. The van der Waals surface area contributed by atoms with Gasteiger partial charge in [0.25, 0.3) is 0 Å². The Morgan fingerprint density at radius 3 is 2.66 bits per heavy atom. The number of aromatic nitrogens is 1. The predicted octanol–water partition coefficient (Wildman–Crippen LogP) is 3.77. The van der Waals surface area contributed by atoms with E-state index in [-0.39, 0.29) is 24.7 Å². The van der Waals surface area contributed by atoms with Crippen LogP contribution in [0.15, 0.2) is 68.5 Å². The highest BCUT2D eigenvalue weighted by atomic mass is 35.5. The van der Waals surface area contributed by atoms with Crippen molar-refractivity contribution in [1.29, 1.82) is 0 Å². The van der Waals surface area contributed by atoms with E-state index in [1.54, 1.807) is 43.3 Å². The summed E-state index contributed by atoms with van der Waals surface area (Å²) in [6.07, 6.45) is 3.28. The van der Waals surface area contributed by atoms with E-state index in [1.165, 1.54) is 6.20 Å². The Bertz CT molecular complexity index is 1420. The van der Waals surface area contributed by atoms with Crippen molar-refractivity contribution in [2.45, 2.75) is 13.0 Å². The summed E-state index contributed by atoms with van der Waals surface area (Å²) in [4.78, 5) is 32.8. The number of carbonyl (C=O) groups is 2. The van der Waals surface area contributed by atoms with E-state index in [1.807, 2.05) is 0 Å². The Labute approximate surface area is 204 Å². The third-order valence-electron chi connectivity index (χ3n) is 5.63. The predicted molar refractivity (Wildman–Crippen MR) is 125 cm³/mol. The molecular weight excluding hydrogens is 476 g/mol. The summed E-state index contributed by atoms with van der Waals surface area (Å²) in [5.41, 5.74) is 1.66. The number of halogens is 1. The van der Waals surface area contributed by atoms with Gasteiger partial charge in [-0.2, -0.15) is 0 Å². The number of ether oxygens (including phenoxy) is 2. The number of hydrogen-bond acceptors (Lipinski definition) is 8. The number of carboxylic acid groups (broad SMARTS) is 1. The number of nitrogens with one attached hydrogen (secondary N) is 1. The number of aliphatic carboxylic acids is 1. The molecule has 1 amide bonds. The number of allylic oxidation sites excluding steroid dienone is 3. The number of hydrogen-bond donors (Lipinski definition) is 2. The second-order valence-corrected chi connectivity index (χ2v) is 8.35. The van der Waals surface area contributed by atoms with Crippen molar-refractivity contribution < 1.29 is 28.7 Å². The molecule has 1 saturated heterocycles. The van der Waals surface area contributed by atoms with Crippen molar-refractivity contribution in [2.24, 2.45) is 15.4 Å². The van der Waals surface area contributed by atoms with Crippen LogP contribution in [-0.4, -0.2) is 47.0 Å². The second-order valence-electron chi connectivity index (χ2n) is 7.95. The first kappa shape index (κ1) is 22.6. The van der Waals surface area contributed by atoms with Gasteiger partial charge in [-0.15, -0.1) is 0 Å². The van der Waals surface area contributed by atoms with Gasteiger partial charge in [0.2, 0.25) is 5.76 Å². The SMILES string of the molecule is CC(OC(=O)Nc1cnoc1C#CC1=CC2=NC(C3(C(=O)O)COC3)=CC2=N1)c1ccccc1Cl. The number of nitrogens with zero attached hydrogens (tertiary/aromatic N) is 3. The van der Waals surface area contributed by atoms with Crippen molar-refractivity contribution in [1.82, 2.24) is 5.16 Å². The molecule has 2 aromatic rings. The Kier molecular flexibility index (Phi) is 5.72. The molecule has 1 unspecified atom stereocenters. The third kappa shape index (κ3) is 4.23. The van der Waals surface area contributed by atoms with Gasteiger partial charge < -0.3 is 19.1 Å². The summed E-state index contributed by atoms with van der Waals surface area (Å²) in [6, 6.07) is 7.07. The molecule has 1 atom stereocenters. The van der Waals surface area contributed by atoms with E-state index in [0.717, 1.165) is 0 Å². The molecule has 0 spiro atoms. The lowest BCUT2D eigenvalue weighted by atomic mass is 9.82. The highest BCUT2D eigenvalue weighted by Gasteiger charge is 2.51. The van der Waals surface area contributed by atoms with Gasteiger partial charge >= 0.3 is 12.1 Å². The van der Waals surface area contributed by atoms with Crippen LogP contribution in [0.4, 0.5) is 10.5 Å². The fraction of sp³-hybridized carbons (Fsp3) is 0.208. The maximum atomic E-state index is 12.3. The minimum Gasteiger partial charge on any atom is -0.480 e. The van der Waals surface area contributed by atoms with Crippen molar-refractivity contribution in [2.75, 3.05) is 18.5 Å². The molecule has 3 aliphatic rings. The van der Waals surface area contributed by atoms with Crippen LogP contribution in [-0.2, 0) is 14.3 Å². The van der Waals surface area contributed by atoms with Crippen LogP contribution >= 0.6 is 11.6 Å². The molecule has 2 N–H and O–H groups in total. The first-order valence-corrected chi connectivity index (χ1v) is 10.8. The Morgan fingerprint density at radius 2 is 1.97 bits per heavy atom. The molecular formula is C24H17ClN4O6. The van der Waals surface area contributed by atoms with Crippen molar-refractivity contribution in [3.05, 3.63) is 70.4 Å². The summed E-state index contributed by atoms with van der Waals surface area (Å²) in [5.74, 6) is 4.74. The first-order valence-electron chi connectivity index (χ1n) is 10.5. The van der Waals surface area contributed by atoms with Crippen molar-refractivity contribution in [3.63, 3.8) is 0 Å². The maximum absolute atomic E-state index is 12.3. The normalized spacial score (nSPS) is 18.0. The van der Waals surface area contributed by atoms with Crippen LogP contribution in [0.25, 0.3) is 0 Å². The number of benzene rings is 1. The quantitative estimate of drug-likeness (QED) is 0.606. The van der Waals surface area contributed by atoms with E-state index < -0.39 is 23.6 Å². The number of aliphatic imine (C=N–C) groups is 2. The molecule has 4 heterocycles. The van der Waals surface area contributed by atoms with Gasteiger partial charge in [0.05, 0.1) is 36.5 Å². The highest BCUT2D eigenvalue weighted by Crippen LogP contribution is 2.39. The lowest BCUT2D eigenvalue weighted by Gasteiger charge is -2.36. The highest BCUT2D eigenvalue weighted by molar-refractivity contribution is 6.54. The lowest BCUT2D eigenvalue weighted by Crippen LogP contribution is -2.50. The maximum Gasteiger partial charge on any atom is 0.412 e. The van der Waals surface area contributed by atoms with E-state index in [4.69, 9.17) is 25.6 Å². The minimum atomic E-state index is -1.13. The van der Waals surface area contributed by atoms with Gasteiger partial charge in [-0.1, -0.05) is 35.0 Å². The number of rotatable bonds is 5. The van der Waals surface area contributed by atoms with Crippen LogP contribution in [0.3, 0.4) is 0 Å². The molecule has 3 aliphatic heterocycles. The third-order valence-corrected chi connectivity index (χ3v) is 5.97. The number of fused-ring (bicyclic) bond motifs is 1. The standard InChI is InChI=1S/C24H17ClN4O6/c1-13(15-4-2-3-5-16(15)25)34-23(32)29-19-10-26-35-20(19)7-6-14-8-17-18(27-14)9-21(28-17)24(22(30)31)11-33-12-24/h2-5,8-10,13H,11-12H2,1H3,(H,29,32)(H,30,31). The molecule has 1 aromatic carbocycles. The molecule has 1 aromatic heterocycles. The monoisotopic (exact) mass is 492 g/mol. The molecule has 0 saturated carbocycles. The van der Waals surface area contributed by atoms with Crippen LogP contribution in [0.5, 0.6) is 0 Å². The summed E-state index contributed by atoms with van der Waals surface area (Å²) in [7, 11) is 0. The van der Waals surface area contributed by atoms with Crippen LogP contribution < -0.4 is 5.32 Å². The number of carbonyl (C=O) groups excluding carboxylic acids is 1. The van der Waals surface area contributed by atoms with Gasteiger partial charge in [-0.05, 0) is 30.9 Å². The van der Waals surface area contributed by atoms with E-state index in [0.29, 0.717) is 33.4 Å². The first-order chi connectivity index (χ1) is 16.9. The number of carboxylic acids is 1. The second kappa shape index (κ2) is 8.87. The van der Waals surface area contributed by atoms with Crippen molar-refractivity contribution in [3.8, 4) is 11.8 Å². The smallest absolute Gasteiger partial charge is 0.412 e. The van der Waals surface area contributed by atoms with Crippen LogP contribution in [0, 0.1) is 17.3 Å².